The first-order valence-electron chi connectivity index (χ1n) is 24.0. The molecule has 1 unspecified atom stereocenters. The van der Waals surface area contributed by atoms with E-state index >= 15 is 0 Å². The summed E-state index contributed by atoms with van der Waals surface area (Å²) in [6.45, 7) is 17.3. The van der Waals surface area contributed by atoms with Gasteiger partial charge in [-0.15, -0.1) is 0 Å². The van der Waals surface area contributed by atoms with Crippen molar-refractivity contribution < 1.29 is 19.1 Å². The standard InChI is InChI=1S/C48H65N19O4/c1-30-23-39(55-41-24-31(2)59-61-41)57-45(51-30)64-13-17-66(18-14-64)48(69)53-35(6)37-10-12-44(50-29-37)71-33(4)26-38-27-40(56-42-25-32(3)60-62-42)58-46(54-38)65-15-19-67(20-16-65)47(68)52-34(5)36-9-11-43(49-28-36)70-22-21-63(7)8/h9-12,23-25,27-29,33-35H,13-22,26H2,1-8H3,(H,52,68)(H,53,69)(H2,51,55,57,59,61)(H2,54,56,58,60,62)/t33?,34-,35+/m0/s1. The molecule has 2 saturated heterocycles. The van der Waals surface area contributed by atoms with E-state index in [4.69, 9.17) is 24.4 Å². The predicted molar refractivity (Wildman–Crippen MR) is 270 cm³/mol. The molecule has 6 aromatic rings. The summed E-state index contributed by atoms with van der Waals surface area (Å²) in [6.07, 6.45) is 3.63. The number of nitrogens with one attached hydrogen (secondary N) is 6. The molecule has 23 heteroatoms. The Labute approximate surface area is 413 Å². The summed E-state index contributed by atoms with van der Waals surface area (Å²) in [7, 11) is 3.99. The Morgan fingerprint density at radius 3 is 1.63 bits per heavy atom. The van der Waals surface area contributed by atoms with Gasteiger partial charge in [0.15, 0.2) is 11.6 Å². The predicted octanol–water partition coefficient (Wildman–Crippen LogP) is 5.05. The fraction of sp³-hybridized carbons (Fsp3) is 0.458. The molecule has 6 N–H and O–H groups in total. The second kappa shape index (κ2) is 22.7. The van der Waals surface area contributed by atoms with Crippen molar-refractivity contribution in [1.29, 1.82) is 0 Å². The number of amides is 4. The van der Waals surface area contributed by atoms with Crippen LogP contribution in [-0.2, 0) is 6.42 Å². The van der Waals surface area contributed by atoms with Gasteiger partial charge >= 0.3 is 12.1 Å². The molecule has 8 rings (SSSR count). The fourth-order valence-corrected chi connectivity index (χ4v) is 8.04. The number of H-pyrrole nitrogens is 2. The van der Waals surface area contributed by atoms with Gasteiger partial charge in [0.05, 0.1) is 17.8 Å². The lowest BCUT2D eigenvalue weighted by molar-refractivity contribution is 0.190. The van der Waals surface area contributed by atoms with Crippen molar-refractivity contribution in [3.63, 3.8) is 0 Å². The molecular weight excluding hydrogens is 907 g/mol. The van der Waals surface area contributed by atoms with E-state index in [1.165, 1.54) is 0 Å². The van der Waals surface area contributed by atoms with E-state index in [-0.39, 0.29) is 30.2 Å². The third-order valence-electron chi connectivity index (χ3n) is 12.0. The molecule has 8 heterocycles. The van der Waals surface area contributed by atoms with Gasteiger partial charge in [-0.2, -0.15) is 20.2 Å². The highest BCUT2D eigenvalue weighted by atomic mass is 16.5. The van der Waals surface area contributed by atoms with Crippen molar-refractivity contribution in [1.82, 2.24) is 75.6 Å². The minimum Gasteiger partial charge on any atom is -0.476 e. The Bertz CT molecular complexity index is 2700. The third kappa shape index (κ3) is 13.7. The Morgan fingerprint density at radius 1 is 0.648 bits per heavy atom. The van der Waals surface area contributed by atoms with E-state index in [2.05, 4.69) is 66.4 Å². The summed E-state index contributed by atoms with van der Waals surface area (Å²) in [4.78, 5) is 64.8. The van der Waals surface area contributed by atoms with E-state index < -0.39 is 0 Å². The minimum absolute atomic E-state index is 0.147. The summed E-state index contributed by atoms with van der Waals surface area (Å²) in [5, 5.41) is 27.3. The van der Waals surface area contributed by atoms with Crippen molar-refractivity contribution in [2.24, 2.45) is 0 Å². The first kappa shape index (κ1) is 49.6. The van der Waals surface area contributed by atoms with Gasteiger partial charge in [-0.05, 0) is 66.8 Å². The highest BCUT2D eigenvalue weighted by Gasteiger charge is 2.27. The number of ether oxygens (including phenoxy) is 2. The zero-order chi connectivity index (χ0) is 50.0. The van der Waals surface area contributed by atoms with Gasteiger partial charge in [-0.1, -0.05) is 12.1 Å². The smallest absolute Gasteiger partial charge is 0.317 e. The highest BCUT2D eigenvalue weighted by Crippen LogP contribution is 2.24. The number of aromatic amines is 2. The molecule has 6 aromatic heterocycles. The molecule has 2 aliphatic rings. The number of likely N-dealkylation sites (N-methyl/N-ethyl adjacent to an activating group) is 1. The molecule has 23 nitrogen and oxygen atoms in total. The van der Waals surface area contributed by atoms with Crippen LogP contribution in [0.25, 0.3) is 0 Å². The number of anilines is 6. The number of piperazine rings is 2. The molecule has 0 aromatic carbocycles. The molecule has 0 bridgehead atoms. The molecule has 0 saturated carbocycles. The number of carbonyl (C=O) groups excluding carboxylic acids is 2. The average Bonchev–Trinajstić information content (AvgIpc) is 3.96. The van der Waals surface area contributed by atoms with Crippen LogP contribution in [-0.4, -0.2) is 163 Å². The van der Waals surface area contributed by atoms with E-state index in [0.29, 0.717) is 112 Å². The number of aryl methyl sites for hydroxylation is 3. The highest BCUT2D eigenvalue weighted by molar-refractivity contribution is 5.75. The van der Waals surface area contributed by atoms with Gasteiger partial charge in [-0.3, -0.25) is 10.2 Å². The zero-order valence-corrected chi connectivity index (χ0v) is 41.7. The van der Waals surface area contributed by atoms with Gasteiger partial charge in [0.2, 0.25) is 23.7 Å². The summed E-state index contributed by atoms with van der Waals surface area (Å²) >= 11 is 0. The summed E-state index contributed by atoms with van der Waals surface area (Å²) in [6, 6.07) is 14.2. The quantitative estimate of drug-likeness (QED) is 0.0659. The van der Waals surface area contributed by atoms with Crippen LogP contribution in [0.5, 0.6) is 11.8 Å². The largest absolute Gasteiger partial charge is 0.476 e. The SMILES string of the molecule is Cc1cc(Nc2cc(C)[nH]n2)nc(N2CCN(C(=O)N[C@H](C)c3ccc(OC(C)Cc4cc(Nc5cc(C)[nH]n5)nc(N5CCN(C(=O)N[C@@H](C)c6ccc(OCCN(C)C)nc6)CC5)n4)nc3)CC2)n1. The number of rotatable bonds is 18. The average molecular weight is 972 g/mol. The maximum absolute atomic E-state index is 13.4. The molecular formula is C48H65N19O4. The Balaban J connectivity index is 0.819. The minimum atomic E-state index is -0.301. The van der Waals surface area contributed by atoms with E-state index in [1.54, 1.807) is 22.2 Å². The molecule has 0 spiro atoms. The molecule has 376 valence electrons. The lowest BCUT2D eigenvalue weighted by Crippen LogP contribution is -2.52. The fourth-order valence-electron chi connectivity index (χ4n) is 8.04. The Hall–Kier alpha value is -7.82. The number of nitrogens with zero attached hydrogens (tertiary/aromatic N) is 13. The monoisotopic (exact) mass is 972 g/mol. The first-order chi connectivity index (χ1) is 34.2. The molecule has 3 atom stereocenters. The number of hydrogen-bond acceptors (Lipinski definition) is 17. The number of carbonyl (C=O) groups is 2. The van der Waals surface area contributed by atoms with Crippen molar-refractivity contribution >= 4 is 47.2 Å². The van der Waals surface area contributed by atoms with Crippen molar-refractivity contribution in [2.45, 2.75) is 66.2 Å². The van der Waals surface area contributed by atoms with Crippen LogP contribution < -0.4 is 40.5 Å². The topological polar surface area (TPSA) is 252 Å². The van der Waals surface area contributed by atoms with Crippen LogP contribution in [0.15, 0.2) is 60.9 Å². The van der Waals surface area contributed by atoms with Crippen LogP contribution in [0.3, 0.4) is 0 Å². The maximum atomic E-state index is 13.4. The van der Waals surface area contributed by atoms with E-state index in [9.17, 15) is 9.59 Å². The van der Waals surface area contributed by atoms with Gasteiger partial charge < -0.3 is 55.2 Å². The van der Waals surface area contributed by atoms with Gasteiger partial charge in [0.25, 0.3) is 0 Å². The van der Waals surface area contributed by atoms with Crippen LogP contribution >= 0.6 is 0 Å². The molecule has 0 aliphatic carbocycles. The van der Waals surface area contributed by atoms with Crippen LogP contribution in [0.2, 0.25) is 0 Å². The maximum Gasteiger partial charge on any atom is 0.317 e. The number of urea groups is 2. The molecule has 2 aliphatic heterocycles. The Morgan fingerprint density at radius 2 is 1.15 bits per heavy atom. The molecule has 4 amide bonds. The van der Waals surface area contributed by atoms with Crippen molar-refractivity contribution in [2.75, 3.05) is 100 Å². The summed E-state index contributed by atoms with van der Waals surface area (Å²) in [5.74, 6) is 4.72. The lowest BCUT2D eigenvalue weighted by atomic mass is 10.1. The normalized spacial score (nSPS) is 15.3. The zero-order valence-electron chi connectivity index (χ0n) is 41.7. The van der Waals surface area contributed by atoms with Gasteiger partial charge in [-0.25, -0.2) is 29.5 Å². The third-order valence-corrected chi connectivity index (χ3v) is 12.0. The van der Waals surface area contributed by atoms with Crippen LogP contribution in [0.1, 0.15) is 66.8 Å². The van der Waals surface area contributed by atoms with Gasteiger partial charge in [0, 0.05) is 131 Å². The second-order valence-corrected chi connectivity index (χ2v) is 18.3. The summed E-state index contributed by atoms with van der Waals surface area (Å²) in [5.41, 5.74) is 5.19. The summed E-state index contributed by atoms with van der Waals surface area (Å²) < 4.78 is 12.0. The van der Waals surface area contributed by atoms with E-state index in [1.807, 2.05) is 109 Å². The van der Waals surface area contributed by atoms with Crippen LogP contribution in [0, 0.1) is 20.8 Å². The number of aromatic nitrogens is 10. The molecule has 0 radical (unpaired) electrons. The molecule has 71 heavy (non-hydrogen) atoms. The molecule has 2 fully saturated rings. The van der Waals surface area contributed by atoms with Crippen LogP contribution in [0.4, 0.5) is 44.8 Å². The van der Waals surface area contributed by atoms with Gasteiger partial charge in [0.1, 0.15) is 24.3 Å². The lowest BCUT2D eigenvalue weighted by Gasteiger charge is -2.35. The van der Waals surface area contributed by atoms with Crippen molar-refractivity contribution in [3.8, 4) is 11.8 Å². The number of hydrogen-bond donors (Lipinski definition) is 6. The second-order valence-electron chi connectivity index (χ2n) is 18.3. The number of pyridine rings is 2. The van der Waals surface area contributed by atoms with Crippen molar-refractivity contribution in [3.05, 3.63) is 94.8 Å². The first-order valence-corrected chi connectivity index (χ1v) is 24.0. The Kier molecular flexibility index (Phi) is 15.9. The van der Waals surface area contributed by atoms with E-state index in [0.717, 1.165) is 40.4 Å².